The molecule has 1 N–H and O–H groups in total. The zero-order chi connectivity index (χ0) is 12.4. The average Bonchev–Trinajstić information content (AvgIpc) is 2.77. The lowest BCUT2D eigenvalue weighted by Gasteiger charge is -2.25. The monoisotopic (exact) mass is 256 g/mol. The van der Waals surface area contributed by atoms with E-state index in [9.17, 15) is 9.00 Å². The molecule has 3 atom stereocenters. The maximum absolute atomic E-state index is 12.2. The van der Waals surface area contributed by atoms with Crippen LogP contribution in [-0.2, 0) is 10.8 Å². The molecule has 0 spiro atoms. The fraction of sp³-hybridized carbons (Fsp3) is 0.583. The summed E-state index contributed by atoms with van der Waals surface area (Å²) in [5.41, 5.74) is 0. The third kappa shape index (κ3) is 2.77. The second-order valence-electron chi connectivity index (χ2n) is 4.62. The van der Waals surface area contributed by atoms with Crippen LogP contribution in [0.1, 0.15) is 43.2 Å². The molecule has 1 heterocycles. The van der Waals surface area contributed by atoms with Crippen LogP contribution in [0.15, 0.2) is 21.6 Å². The third-order valence-electron chi connectivity index (χ3n) is 3.18. The lowest BCUT2D eigenvalue weighted by molar-refractivity contribution is 0.0656. The van der Waals surface area contributed by atoms with Crippen LogP contribution in [0.3, 0.4) is 0 Å². The van der Waals surface area contributed by atoms with E-state index in [1.165, 1.54) is 18.6 Å². The van der Waals surface area contributed by atoms with Crippen molar-refractivity contribution >= 4 is 16.8 Å². The maximum atomic E-state index is 12.2. The van der Waals surface area contributed by atoms with Crippen LogP contribution in [-0.4, -0.2) is 20.5 Å². The van der Waals surface area contributed by atoms with Gasteiger partial charge in [0.15, 0.2) is 5.09 Å². The molecule has 1 aromatic rings. The van der Waals surface area contributed by atoms with E-state index in [4.69, 9.17) is 9.52 Å². The van der Waals surface area contributed by atoms with Crippen molar-refractivity contribution in [3.05, 3.63) is 17.9 Å². The van der Waals surface area contributed by atoms with E-state index < -0.39 is 16.8 Å². The summed E-state index contributed by atoms with van der Waals surface area (Å²) >= 11 is 0. The van der Waals surface area contributed by atoms with Crippen molar-refractivity contribution in [1.29, 1.82) is 0 Å². The van der Waals surface area contributed by atoms with Gasteiger partial charge in [0.1, 0.15) is 0 Å². The molecule has 0 radical (unpaired) electrons. The molecular weight excluding hydrogens is 240 g/mol. The quantitative estimate of drug-likeness (QED) is 0.902. The van der Waals surface area contributed by atoms with Crippen LogP contribution >= 0.6 is 0 Å². The van der Waals surface area contributed by atoms with E-state index >= 15 is 0 Å². The number of hydrogen-bond donors (Lipinski definition) is 1. The highest BCUT2D eigenvalue weighted by molar-refractivity contribution is 7.85. The van der Waals surface area contributed by atoms with Gasteiger partial charge >= 0.3 is 5.97 Å². The van der Waals surface area contributed by atoms with E-state index in [2.05, 4.69) is 6.92 Å². The number of aromatic carboxylic acids is 1. The highest BCUT2D eigenvalue weighted by Gasteiger charge is 2.27. The van der Waals surface area contributed by atoms with E-state index in [-0.39, 0.29) is 11.0 Å². The SMILES string of the molecule is CC1CCCC(S(=O)c2ccc(C(=O)O)o2)C1. The molecule has 0 aliphatic heterocycles. The largest absolute Gasteiger partial charge is 0.475 e. The van der Waals surface area contributed by atoms with Gasteiger partial charge in [0.2, 0.25) is 5.76 Å². The molecule has 94 valence electrons. The fourth-order valence-electron chi connectivity index (χ4n) is 2.28. The van der Waals surface area contributed by atoms with E-state index in [0.29, 0.717) is 11.0 Å². The molecule has 0 bridgehead atoms. The summed E-state index contributed by atoms with van der Waals surface area (Å²) in [5, 5.41) is 9.14. The molecule has 1 aliphatic carbocycles. The Morgan fingerprint density at radius 2 is 2.24 bits per heavy atom. The summed E-state index contributed by atoms with van der Waals surface area (Å²) in [6.07, 6.45) is 4.13. The molecule has 17 heavy (non-hydrogen) atoms. The van der Waals surface area contributed by atoms with Gasteiger partial charge in [-0.2, -0.15) is 0 Å². The lowest BCUT2D eigenvalue weighted by atomic mass is 9.91. The number of hydrogen-bond acceptors (Lipinski definition) is 3. The number of carboxylic acid groups (broad SMARTS) is 1. The van der Waals surface area contributed by atoms with Crippen LogP contribution in [0.4, 0.5) is 0 Å². The molecule has 0 amide bonds. The minimum atomic E-state index is -1.22. The molecule has 0 aromatic carbocycles. The second-order valence-corrected chi connectivity index (χ2v) is 6.28. The zero-order valence-electron chi connectivity index (χ0n) is 9.72. The van der Waals surface area contributed by atoms with Gasteiger partial charge in [0, 0.05) is 5.25 Å². The molecule has 4 nitrogen and oxygen atoms in total. The number of furan rings is 1. The molecular formula is C12H16O4S. The first-order valence-electron chi connectivity index (χ1n) is 5.81. The summed E-state index contributed by atoms with van der Waals surface area (Å²) in [5.74, 6) is -0.672. The van der Waals surface area contributed by atoms with Crippen molar-refractivity contribution in [2.75, 3.05) is 0 Å². The first-order chi connectivity index (χ1) is 8.08. The van der Waals surface area contributed by atoms with Gasteiger partial charge in [-0.3, -0.25) is 4.21 Å². The van der Waals surface area contributed by atoms with Crippen LogP contribution in [0.2, 0.25) is 0 Å². The van der Waals surface area contributed by atoms with Gasteiger partial charge in [-0.1, -0.05) is 19.8 Å². The summed E-state index contributed by atoms with van der Waals surface area (Å²) in [4.78, 5) is 10.7. The van der Waals surface area contributed by atoms with Crippen LogP contribution in [0.25, 0.3) is 0 Å². The average molecular weight is 256 g/mol. The van der Waals surface area contributed by atoms with Gasteiger partial charge < -0.3 is 9.52 Å². The van der Waals surface area contributed by atoms with Crippen LogP contribution in [0.5, 0.6) is 0 Å². The standard InChI is InChI=1S/C12H16O4S/c1-8-3-2-4-9(7-8)17(15)11-6-5-10(16-11)12(13)14/h5-6,8-9H,2-4,7H2,1H3,(H,13,14). The van der Waals surface area contributed by atoms with Crippen LogP contribution in [0, 0.1) is 5.92 Å². The van der Waals surface area contributed by atoms with Crippen molar-refractivity contribution in [1.82, 2.24) is 0 Å². The Kier molecular flexibility index (Phi) is 3.66. The van der Waals surface area contributed by atoms with Crippen molar-refractivity contribution in [3.63, 3.8) is 0 Å². The normalized spacial score (nSPS) is 26.6. The predicted molar refractivity (Wildman–Crippen MR) is 63.5 cm³/mol. The van der Waals surface area contributed by atoms with Gasteiger partial charge in [-0.15, -0.1) is 0 Å². The van der Waals surface area contributed by atoms with E-state index in [1.54, 1.807) is 0 Å². The Labute approximate surface area is 102 Å². The highest BCUT2D eigenvalue weighted by atomic mass is 32.2. The topological polar surface area (TPSA) is 67.5 Å². The molecule has 1 fully saturated rings. The predicted octanol–water partition coefficient (Wildman–Crippen LogP) is 2.66. The zero-order valence-corrected chi connectivity index (χ0v) is 10.5. The van der Waals surface area contributed by atoms with Gasteiger partial charge in [0.05, 0.1) is 10.8 Å². The molecule has 1 aliphatic rings. The first kappa shape index (κ1) is 12.4. The first-order valence-corrected chi connectivity index (χ1v) is 7.03. The Bertz CT molecular complexity index is 437. The van der Waals surface area contributed by atoms with Crippen LogP contribution < -0.4 is 0 Å². The van der Waals surface area contributed by atoms with Crippen molar-refractivity contribution in [2.24, 2.45) is 5.92 Å². The molecule has 0 saturated heterocycles. The number of carboxylic acids is 1. The minimum absolute atomic E-state index is 0.103. The van der Waals surface area contributed by atoms with E-state index in [0.717, 1.165) is 19.3 Å². The van der Waals surface area contributed by atoms with Crippen molar-refractivity contribution < 1.29 is 18.5 Å². The minimum Gasteiger partial charge on any atom is -0.475 e. The summed E-state index contributed by atoms with van der Waals surface area (Å²) in [7, 11) is -1.22. The summed E-state index contributed by atoms with van der Waals surface area (Å²) < 4.78 is 17.3. The second kappa shape index (κ2) is 5.04. The third-order valence-corrected chi connectivity index (χ3v) is 4.83. The molecule has 3 unspecified atom stereocenters. The van der Waals surface area contributed by atoms with Crippen molar-refractivity contribution in [3.8, 4) is 0 Å². The van der Waals surface area contributed by atoms with Gasteiger partial charge in [-0.25, -0.2) is 4.79 Å². The summed E-state index contributed by atoms with van der Waals surface area (Å²) in [6, 6.07) is 2.88. The summed E-state index contributed by atoms with van der Waals surface area (Å²) in [6.45, 7) is 2.16. The fourth-order valence-corrected chi connectivity index (χ4v) is 3.87. The molecule has 5 heteroatoms. The molecule has 1 aromatic heterocycles. The Morgan fingerprint density at radius 3 is 2.82 bits per heavy atom. The van der Waals surface area contributed by atoms with Gasteiger partial charge in [0.25, 0.3) is 0 Å². The Balaban J connectivity index is 2.10. The highest BCUT2D eigenvalue weighted by Crippen LogP contribution is 2.30. The molecule has 1 saturated carbocycles. The number of rotatable bonds is 3. The maximum Gasteiger partial charge on any atom is 0.371 e. The smallest absolute Gasteiger partial charge is 0.371 e. The van der Waals surface area contributed by atoms with E-state index in [1.807, 2.05) is 0 Å². The van der Waals surface area contributed by atoms with Crippen molar-refractivity contribution in [2.45, 2.75) is 42.9 Å². The molecule has 2 rings (SSSR count). The number of carbonyl (C=O) groups is 1. The Morgan fingerprint density at radius 1 is 1.47 bits per heavy atom. The Hall–Kier alpha value is -1.10. The lowest BCUT2D eigenvalue weighted by Crippen LogP contribution is -2.22. The van der Waals surface area contributed by atoms with Gasteiger partial charge in [-0.05, 0) is 30.9 Å².